The second kappa shape index (κ2) is 8.36. The molecule has 0 saturated heterocycles. The first kappa shape index (κ1) is 20.0. The average molecular weight is 375 g/mol. The van der Waals surface area contributed by atoms with E-state index >= 15 is 0 Å². The molecule has 1 N–H and O–H groups in total. The first-order valence-corrected chi connectivity index (χ1v) is 9.98. The number of ether oxygens (including phenoxy) is 1. The Morgan fingerprint density at radius 2 is 1.65 bits per heavy atom. The smallest absolute Gasteiger partial charge is 0.241 e. The second-order valence-corrected chi connectivity index (χ2v) is 9.03. The van der Waals surface area contributed by atoms with E-state index in [1.54, 1.807) is 12.1 Å². The second-order valence-electron chi connectivity index (χ2n) is 6.53. The van der Waals surface area contributed by atoms with Crippen molar-refractivity contribution in [1.82, 2.24) is 5.32 Å². The molecular formula is C20H25NO4S. The van der Waals surface area contributed by atoms with E-state index in [9.17, 15) is 13.2 Å². The summed E-state index contributed by atoms with van der Waals surface area (Å²) in [5.74, 6) is 0.0634. The number of rotatable bonds is 8. The van der Waals surface area contributed by atoms with Gasteiger partial charge in [0.25, 0.3) is 0 Å². The van der Waals surface area contributed by atoms with E-state index in [-0.39, 0.29) is 4.90 Å². The van der Waals surface area contributed by atoms with E-state index in [0.29, 0.717) is 12.3 Å². The Hall–Kier alpha value is -2.34. The molecule has 0 spiro atoms. The standard InChI is InChI=1S/C20H25NO4S/c1-20(2,26(23,24)18-13-11-17(25-3)12-14-18)19(22)21-15-7-10-16-8-5-4-6-9-16/h4-6,8-9,11-14H,7,10,15H2,1-3H3,(H,21,22). The Labute approximate surface area is 155 Å². The number of methoxy groups -OCH3 is 1. The van der Waals surface area contributed by atoms with Crippen LogP contribution in [0, 0.1) is 0 Å². The highest BCUT2D eigenvalue weighted by Crippen LogP contribution is 2.27. The highest BCUT2D eigenvalue weighted by Gasteiger charge is 2.42. The van der Waals surface area contributed by atoms with Gasteiger partial charge in [0.2, 0.25) is 5.91 Å². The van der Waals surface area contributed by atoms with Gasteiger partial charge in [-0.05, 0) is 56.5 Å². The van der Waals surface area contributed by atoms with E-state index in [1.165, 1.54) is 38.7 Å². The van der Waals surface area contributed by atoms with Crippen LogP contribution in [0.4, 0.5) is 0 Å². The maximum Gasteiger partial charge on any atom is 0.241 e. The van der Waals surface area contributed by atoms with Crippen LogP contribution in [0.25, 0.3) is 0 Å². The predicted octanol–water partition coefficient (Wildman–Crippen LogP) is 3.00. The van der Waals surface area contributed by atoms with Gasteiger partial charge in [-0.3, -0.25) is 4.79 Å². The van der Waals surface area contributed by atoms with Crippen LogP contribution in [0.3, 0.4) is 0 Å². The van der Waals surface area contributed by atoms with Crippen molar-refractivity contribution in [2.45, 2.75) is 36.3 Å². The lowest BCUT2D eigenvalue weighted by atomic mass is 10.1. The van der Waals surface area contributed by atoms with E-state index in [2.05, 4.69) is 5.32 Å². The quantitative estimate of drug-likeness (QED) is 0.720. The fourth-order valence-corrected chi connectivity index (χ4v) is 3.92. The third kappa shape index (κ3) is 4.43. The van der Waals surface area contributed by atoms with E-state index < -0.39 is 20.5 Å². The molecule has 1 amide bonds. The number of benzene rings is 2. The Kier molecular flexibility index (Phi) is 6.42. The van der Waals surface area contributed by atoms with Gasteiger partial charge < -0.3 is 10.1 Å². The molecule has 0 unspecified atom stereocenters. The van der Waals surface area contributed by atoms with E-state index in [4.69, 9.17) is 4.74 Å². The van der Waals surface area contributed by atoms with Crippen molar-refractivity contribution < 1.29 is 17.9 Å². The molecule has 0 fully saturated rings. The first-order valence-electron chi connectivity index (χ1n) is 8.50. The van der Waals surface area contributed by atoms with Crippen LogP contribution in [-0.2, 0) is 21.1 Å². The summed E-state index contributed by atoms with van der Waals surface area (Å²) >= 11 is 0. The topological polar surface area (TPSA) is 72.5 Å². The summed E-state index contributed by atoms with van der Waals surface area (Å²) in [5, 5.41) is 2.75. The van der Waals surface area contributed by atoms with Crippen LogP contribution in [0.5, 0.6) is 5.75 Å². The minimum atomic E-state index is -3.82. The molecule has 0 atom stereocenters. The van der Waals surface area contributed by atoms with Gasteiger partial charge in [0.15, 0.2) is 9.84 Å². The number of sulfone groups is 1. The third-order valence-corrected chi connectivity index (χ3v) is 6.78. The number of carbonyl (C=O) groups excluding carboxylic acids is 1. The number of hydrogen-bond acceptors (Lipinski definition) is 4. The fourth-order valence-electron chi connectivity index (χ4n) is 2.52. The van der Waals surface area contributed by atoms with Crippen LogP contribution in [0.15, 0.2) is 59.5 Å². The fraction of sp³-hybridized carbons (Fsp3) is 0.350. The molecule has 0 saturated carbocycles. The zero-order chi connectivity index (χ0) is 19.2. The van der Waals surface area contributed by atoms with Gasteiger partial charge in [0.05, 0.1) is 12.0 Å². The first-order chi connectivity index (χ1) is 12.3. The zero-order valence-electron chi connectivity index (χ0n) is 15.4. The van der Waals surface area contributed by atoms with Gasteiger partial charge in [-0.1, -0.05) is 30.3 Å². The maximum atomic E-state index is 12.8. The van der Waals surface area contributed by atoms with Crippen molar-refractivity contribution in [3.63, 3.8) is 0 Å². The van der Waals surface area contributed by atoms with Crippen LogP contribution in [-0.4, -0.2) is 32.7 Å². The summed E-state index contributed by atoms with van der Waals surface area (Å²) in [6.45, 7) is 3.29. The molecule has 2 aromatic carbocycles. The lowest BCUT2D eigenvalue weighted by molar-refractivity contribution is -0.122. The van der Waals surface area contributed by atoms with E-state index in [1.807, 2.05) is 30.3 Å². The highest BCUT2D eigenvalue weighted by molar-refractivity contribution is 7.93. The Balaban J connectivity index is 1.98. The largest absolute Gasteiger partial charge is 0.497 e. The zero-order valence-corrected chi connectivity index (χ0v) is 16.2. The molecule has 0 radical (unpaired) electrons. The molecule has 0 aromatic heterocycles. The lowest BCUT2D eigenvalue weighted by Crippen LogP contribution is -2.48. The van der Waals surface area contributed by atoms with Crippen molar-refractivity contribution in [1.29, 1.82) is 0 Å². The van der Waals surface area contributed by atoms with Crippen molar-refractivity contribution in [2.75, 3.05) is 13.7 Å². The summed E-state index contributed by atoms with van der Waals surface area (Å²) in [6, 6.07) is 16.0. The molecule has 2 aromatic rings. The van der Waals surface area contributed by atoms with Gasteiger partial charge in [0, 0.05) is 6.54 Å². The molecule has 140 valence electrons. The SMILES string of the molecule is COc1ccc(S(=O)(=O)C(C)(C)C(=O)NCCCc2ccccc2)cc1. The third-order valence-electron chi connectivity index (χ3n) is 4.36. The van der Waals surface area contributed by atoms with Crippen molar-refractivity contribution in [3.8, 4) is 5.75 Å². The molecular weight excluding hydrogens is 350 g/mol. The number of carbonyl (C=O) groups is 1. The van der Waals surface area contributed by atoms with Gasteiger partial charge in [0.1, 0.15) is 10.5 Å². The van der Waals surface area contributed by atoms with Crippen molar-refractivity contribution in [3.05, 3.63) is 60.2 Å². The van der Waals surface area contributed by atoms with Crippen LogP contribution < -0.4 is 10.1 Å². The van der Waals surface area contributed by atoms with E-state index in [0.717, 1.165) is 12.8 Å². The molecule has 0 aliphatic heterocycles. The maximum absolute atomic E-state index is 12.8. The van der Waals surface area contributed by atoms with Crippen molar-refractivity contribution in [2.24, 2.45) is 0 Å². The summed E-state index contributed by atoms with van der Waals surface area (Å²) in [5.41, 5.74) is 1.19. The summed E-state index contributed by atoms with van der Waals surface area (Å²) in [4.78, 5) is 12.6. The average Bonchev–Trinajstić information content (AvgIpc) is 2.65. The number of nitrogens with one attached hydrogen (secondary N) is 1. The van der Waals surface area contributed by atoms with Gasteiger partial charge in [-0.25, -0.2) is 8.42 Å². The monoisotopic (exact) mass is 375 g/mol. The molecule has 0 aliphatic rings. The number of amides is 1. The lowest BCUT2D eigenvalue weighted by Gasteiger charge is -2.24. The van der Waals surface area contributed by atoms with Crippen LogP contribution in [0.1, 0.15) is 25.8 Å². The number of aryl methyl sites for hydroxylation is 1. The predicted molar refractivity (Wildman–Crippen MR) is 102 cm³/mol. The minimum absolute atomic E-state index is 0.0998. The van der Waals surface area contributed by atoms with Gasteiger partial charge in [-0.15, -0.1) is 0 Å². The van der Waals surface area contributed by atoms with Gasteiger partial charge in [-0.2, -0.15) is 0 Å². The number of hydrogen-bond donors (Lipinski definition) is 1. The molecule has 0 bridgehead atoms. The Morgan fingerprint density at radius 1 is 1.04 bits per heavy atom. The Bertz CT molecular complexity index is 828. The molecule has 5 nitrogen and oxygen atoms in total. The normalized spacial score (nSPS) is 11.8. The molecule has 0 aliphatic carbocycles. The molecule has 2 rings (SSSR count). The van der Waals surface area contributed by atoms with Crippen LogP contribution in [0.2, 0.25) is 0 Å². The summed E-state index contributed by atoms with van der Waals surface area (Å²) < 4.78 is 29.2. The summed E-state index contributed by atoms with van der Waals surface area (Å²) in [7, 11) is -2.31. The summed E-state index contributed by atoms with van der Waals surface area (Å²) in [6.07, 6.45) is 1.57. The Morgan fingerprint density at radius 3 is 2.23 bits per heavy atom. The molecule has 6 heteroatoms. The van der Waals surface area contributed by atoms with Crippen molar-refractivity contribution >= 4 is 15.7 Å². The molecule has 0 heterocycles. The van der Waals surface area contributed by atoms with Crippen LogP contribution >= 0.6 is 0 Å². The minimum Gasteiger partial charge on any atom is -0.497 e. The molecule has 26 heavy (non-hydrogen) atoms. The van der Waals surface area contributed by atoms with Gasteiger partial charge >= 0.3 is 0 Å². The highest BCUT2D eigenvalue weighted by atomic mass is 32.2.